The molecule has 180 valence electrons. The maximum absolute atomic E-state index is 13.7. The number of anilines is 1. The quantitative estimate of drug-likeness (QED) is 0.430. The van der Waals surface area contributed by atoms with E-state index in [1.54, 1.807) is 27.4 Å². The Balaban J connectivity index is 0.00000289. The van der Waals surface area contributed by atoms with E-state index in [9.17, 15) is 9.18 Å². The van der Waals surface area contributed by atoms with Gasteiger partial charge in [0.05, 0.1) is 38.0 Å². The summed E-state index contributed by atoms with van der Waals surface area (Å²) in [6.07, 6.45) is 2.85. The van der Waals surface area contributed by atoms with Crippen LogP contribution in [0.1, 0.15) is 15.9 Å². The maximum atomic E-state index is 13.7. The summed E-state index contributed by atoms with van der Waals surface area (Å²) in [5.41, 5.74) is 4.08. The van der Waals surface area contributed by atoms with E-state index in [2.05, 4.69) is 16.0 Å². The predicted molar refractivity (Wildman–Crippen MR) is 127 cm³/mol. The number of aryl methyl sites for hydroxylation is 2. The molecule has 6 nitrogen and oxygen atoms in total. The van der Waals surface area contributed by atoms with E-state index >= 15 is 0 Å². The van der Waals surface area contributed by atoms with Crippen molar-refractivity contribution in [1.82, 2.24) is 0 Å². The molecule has 5 rings (SSSR count). The Labute approximate surface area is 208 Å². The molecule has 0 radical (unpaired) electrons. The summed E-state index contributed by atoms with van der Waals surface area (Å²) in [5.74, 6) is 1.04. The van der Waals surface area contributed by atoms with Crippen molar-refractivity contribution in [3.63, 3.8) is 0 Å². The first-order valence-electron chi connectivity index (χ1n) is 10.9. The van der Waals surface area contributed by atoms with Gasteiger partial charge in [-0.05, 0) is 47.3 Å². The fourth-order valence-electron chi connectivity index (χ4n) is 4.48. The highest BCUT2D eigenvalue weighted by atomic mass is 35.5. The number of carbonyl (C=O) groups is 1. The van der Waals surface area contributed by atoms with Crippen molar-refractivity contribution in [3.8, 4) is 28.5 Å². The monoisotopic (exact) mass is 494 g/mol. The first kappa shape index (κ1) is 24.3. The lowest BCUT2D eigenvalue weighted by molar-refractivity contribution is -0.686. The zero-order valence-corrected chi connectivity index (χ0v) is 20.3. The number of hydrogen-bond donors (Lipinski definition) is 1. The number of fused-ring (bicyclic) bond motifs is 4. The summed E-state index contributed by atoms with van der Waals surface area (Å²) in [6.45, 7) is 0.766. The maximum Gasteiger partial charge on any atom is 0.255 e. The third-order valence-electron chi connectivity index (χ3n) is 6.18. The van der Waals surface area contributed by atoms with Crippen molar-refractivity contribution in [2.75, 3.05) is 26.6 Å². The van der Waals surface area contributed by atoms with Crippen LogP contribution in [-0.2, 0) is 13.0 Å². The second kappa shape index (κ2) is 9.80. The third-order valence-corrected chi connectivity index (χ3v) is 6.18. The number of ether oxygens (including phenoxy) is 3. The molecule has 35 heavy (non-hydrogen) atoms. The predicted octanol–water partition coefficient (Wildman–Crippen LogP) is 1.77. The molecular weight excluding hydrogens is 471 g/mol. The fourth-order valence-corrected chi connectivity index (χ4v) is 4.48. The van der Waals surface area contributed by atoms with Crippen LogP contribution in [0.25, 0.3) is 22.0 Å². The largest absolute Gasteiger partial charge is 1.00 e. The molecule has 1 aliphatic rings. The summed E-state index contributed by atoms with van der Waals surface area (Å²) in [6, 6.07) is 15.5. The van der Waals surface area contributed by atoms with Crippen LogP contribution in [0.3, 0.4) is 0 Å². The van der Waals surface area contributed by atoms with Crippen LogP contribution < -0.4 is 36.5 Å². The van der Waals surface area contributed by atoms with Crippen molar-refractivity contribution in [1.29, 1.82) is 0 Å². The number of carbonyl (C=O) groups excluding carboxylic acids is 1. The van der Waals surface area contributed by atoms with Crippen molar-refractivity contribution >= 4 is 22.4 Å². The second-order valence-corrected chi connectivity index (χ2v) is 8.08. The number of amides is 1. The Kier molecular flexibility index (Phi) is 6.80. The lowest BCUT2D eigenvalue weighted by Crippen LogP contribution is -3.00. The van der Waals surface area contributed by atoms with E-state index in [4.69, 9.17) is 14.2 Å². The molecule has 8 heteroatoms. The van der Waals surface area contributed by atoms with Crippen molar-refractivity contribution in [3.05, 3.63) is 77.7 Å². The van der Waals surface area contributed by atoms with Gasteiger partial charge in [-0.15, -0.1) is 0 Å². The molecular formula is C27H24ClFN2O4. The first-order chi connectivity index (χ1) is 16.5. The number of hydrogen-bond acceptors (Lipinski definition) is 4. The molecule has 0 spiro atoms. The van der Waals surface area contributed by atoms with E-state index in [0.29, 0.717) is 22.9 Å². The zero-order valence-electron chi connectivity index (χ0n) is 19.5. The van der Waals surface area contributed by atoms with Gasteiger partial charge in [0, 0.05) is 18.1 Å². The summed E-state index contributed by atoms with van der Waals surface area (Å²) in [4.78, 5) is 12.9. The van der Waals surface area contributed by atoms with Gasteiger partial charge in [0.25, 0.3) is 5.91 Å². The van der Waals surface area contributed by atoms with Crippen molar-refractivity contribution in [2.24, 2.45) is 0 Å². The Bertz CT molecular complexity index is 1440. The third kappa shape index (κ3) is 4.35. The Morgan fingerprint density at radius 3 is 2.40 bits per heavy atom. The molecule has 0 aliphatic carbocycles. The van der Waals surface area contributed by atoms with Gasteiger partial charge in [-0.25, -0.2) is 4.39 Å². The lowest BCUT2D eigenvalue weighted by atomic mass is 9.95. The van der Waals surface area contributed by atoms with Gasteiger partial charge in [0.15, 0.2) is 24.2 Å². The van der Waals surface area contributed by atoms with Crippen LogP contribution in [-0.4, -0.2) is 27.2 Å². The van der Waals surface area contributed by atoms with Crippen LogP contribution in [0.5, 0.6) is 17.2 Å². The van der Waals surface area contributed by atoms with E-state index in [1.807, 2.05) is 30.5 Å². The molecule has 1 aliphatic heterocycles. The molecule has 0 unspecified atom stereocenters. The van der Waals surface area contributed by atoms with E-state index in [0.717, 1.165) is 35.0 Å². The highest BCUT2D eigenvalue weighted by molar-refractivity contribution is 6.10. The van der Waals surface area contributed by atoms with Crippen LogP contribution >= 0.6 is 0 Å². The summed E-state index contributed by atoms with van der Waals surface area (Å²) < 4.78 is 32.4. The molecule has 0 bridgehead atoms. The van der Waals surface area contributed by atoms with Crippen LogP contribution in [0.2, 0.25) is 0 Å². The SMILES string of the molecule is COc1cc2c(cc1OC)-c1cc3ccc(OC)c(NC(=O)c4cccc(F)c4)c3c[n+]1CC2.[Cl-]. The number of methoxy groups -OCH3 is 3. The molecule has 3 aromatic carbocycles. The van der Waals surface area contributed by atoms with E-state index in [1.165, 1.54) is 23.8 Å². The van der Waals surface area contributed by atoms with Gasteiger partial charge in [-0.3, -0.25) is 4.79 Å². The molecule has 1 amide bonds. The molecule has 1 aromatic heterocycles. The highest BCUT2D eigenvalue weighted by Crippen LogP contribution is 2.39. The summed E-state index contributed by atoms with van der Waals surface area (Å²) >= 11 is 0. The van der Waals surface area contributed by atoms with Crippen LogP contribution in [0.15, 0.2) is 60.8 Å². The lowest BCUT2D eigenvalue weighted by Gasteiger charge is -2.19. The molecule has 0 saturated heterocycles. The Morgan fingerprint density at radius 2 is 1.69 bits per heavy atom. The number of nitrogens with zero attached hydrogens (tertiary/aromatic N) is 1. The average molecular weight is 495 g/mol. The second-order valence-electron chi connectivity index (χ2n) is 8.08. The summed E-state index contributed by atoms with van der Waals surface area (Å²) in [5, 5.41) is 4.69. The number of aromatic nitrogens is 1. The van der Waals surface area contributed by atoms with Gasteiger partial charge < -0.3 is 31.9 Å². The minimum Gasteiger partial charge on any atom is -1.00 e. The molecule has 0 atom stereocenters. The van der Waals surface area contributed by atoms with E-state index < -0.39 is 11.7 Å². The topological polar surface area (TPSA) is 60.7 Å². The van der Waals surface area contributed by atoms with Gasteiger partial charge in [0.2, 0.25) is 5.69 Å². The van der Waals surface area contributed by atoms with Gasteiger partial charge in [0.1, 0.15) is 11.6 Å². The smallest absolute Gasteiger partial charge is 0.255 e. The molecule has 1 N–H and O–H groups in total. The highest BCUT2D eigenvalue weighted by Gasteiger charge is 2.27. The molecule has 4 aromatic rings. The van der Waals surface area contributed by atoms with Crippen molar-refractivity contribution < 1.29 is 40.4 Å². The molecule has 0 fully saturated rings. The Hall–Kier alpha value is -3.84. The number of nitrogens with one attached hydrogen (secondary N) is 1. The average Bonchev–Trinajstić information content (AvgIpc) is 2.86. The normalized spacial score (nSPS) is 11.7. The number of pyridine rings is 1. The van der Waals surface area contributed by atoms with Gasteiger partial charge in [-0.2, -0.15) is 4.57 Å². The minimum absolute atomic E-state index is 0. The number of rotatable bonds is 5. The van der Waals surface area contributed by atoms with Crippen LogP contribution in [0.4, 0.5) is 10.1 Å². The standard InChI is InChI=1S/C27H23FN2O4.ClH/c1-32-23-8-7-16-12-22-20-14-25(34-3)24(33-2)13-17(20)9-10-30(22)15-21(16)26(23)29-27(31)18-5-4-6-19(28)11-18;/h4-8,11-15H,9-10H2,1-3H3;1H. The van der Waals surface area contributed by atoms with Crippen LogP contribution in [0, 0.1) is 5.82 Å². The molecule has 2 heterocycles. The Morgan fingerprint density at radius 1 is 0.943 bits per heavy atom. The van der Waals surface area contributed by atoms with Crippen molar-refractivity contribution in [2.45, 2.75) is 13.0 Å². The fraction of sp³-hybridized carbons (Fsp3) is 0.185. The minimum atomic E-state index is -0.465. The summed E-state index contributed by atoms with van der Waals surface area (Å²) in [7, 11) is 4.82. The van der Waals surface area contributed by atoms with E-state index in [-0.39, 0.29) is 18.0 Å². The molecule has 0 saturated carbocycles. The van der Waals surface area contributed by atoms with Gasteiger partial charge >= 0.3 is 0 Å². The van der Waals surface area contributed by atoms with Gasteiger partial charge in [-0.1, -0.05) is 12.1 Å². The number of halogens is 2. The number of benzene rings is 3. The zero-order chi connectivity index (χ0) is 23.8. The first-order valence-corrected chi connectivity index (χ1v) is 10.9.